The average Bonchev–Trinajstić information content (AvgIpc) is 3.08. The molecule has 0 spiro atoms. The van der Waals surface area contributed by atoms with Crippen molar-refractivity contribution in [3.05, 3.63) is 22.7 Å². The topological polar surface area (TPSA) is 87.7 Å². The normalized spacial score (nSPS) is 17.9. The van der Waals surface area contributed by atoms with E-state index in [4.69, 9.17) is 16.3 Å². The lowest BCUT2D eigenvalue weighted by Crippen LogP contribution is -2.40. The second-order valence-corrected chi connectivity index (χ2v) is 8.59. The zero-order valence-corrected chi connectivity index (χ0v) is 16.9. The predicted octanol–water partition coefficient (Wildman–Crippen LogP) is 2.32. The first kappa shape index (κ1) is 20.8. The highest BCUT2D eigenvalue weighted by Crippen LogP contribution is 2.31. The summed E-state index contributed by atoms with van der Waals surface area (Å²) < 4.78 is 31.3. The number of hydrogen-bond acceptors (Lipinski definition) is 5. The summed E-state index contributed by atoms with van der Waals surface area (Å²) in [6, 6.07) is 3.17. The van der Waals surface area contributed by atoms with Crippen molar-refractivity contribution in [3.8, 4) is 5.75 Å². The summed E-state index contributed by atoms with van der Waals surface area (Å²) in [6.45, 7) is 6.16. The van der Waals surface area contributed by atoms with Gasteiger partial charge < -0.3 is 10.1 Å². The fourth-order valence-electron chi connectivity index (χ4n) is 3.07. The Morgan fingerprint density at radius 1 is 1.38 bits per heavy atom. The number of rotatable bonds is 8. The molecule has 1 unspecified atom stereocenters. The molecule has 0 aliphatic carbocycles. The number of nitrogens with one attached hydrogen (secondary N) is 2. The maximum Gasteiger partial charge on any atom is 0.255 e. The number of likely N-dealkylation sites (N-methyl/N-ethyl adjacent to an activating group) is 1. The van der Waals surface area contributed by atoms with Gasteiger partial charge in [0.15, 0.2) is 0 Å². The fourth-order valence-corrected chi connectivity index (χ4v) is 3.97. The van der Waals surface area contributed by atoms with E-state index in [1.165, 1.54) is 26.2 Å². The zero-order chi connectivity index (χ0) is 19.3. The molecule has 1 saturated heterocycles. The number of benzene rings is 1. The third kappa shape index (κ3) is 5.02. The van der Waals surface area contributed by atoms with Crippen molar-refractivity contribution in [1.82, 2.24) is 10.2 Å². The number of ether oxygens (including phenoxy) is 1. The lowest BCUT2D eigenvalue weighted by atomic mass is 10.1. The first-order valence-electron chi connectivity index (χ1n) is 8.71. The zero-order valence-electron chi connectivity index (χ0n) is 15.3. The number of halogens is 1. The smallest absolute Gasteiger partial charge is 0.255 e. The van der Waals surface area contributed by atoms with Crippen LogP contribution in [0.15, 0.2) is 12.1 Å². The van der Waals surface area contributed by atoms with E-state index >= 15 is 0 Å². The average molecular weight is 404 g/mol. The molecule has 26 heavy (non-hydrogen) atoms. The molecule has 1 amide bonds. The minimum absolute atomic E-state index is 0.0918. The number of likely N-dealkylation sites (tertiary alicyclic amines) is 1. The van der Waals surface area contributed by atoms with Crippen LogP contribution >= 0.6 is 11.6 Å². The summed E-state index contributed by atoms with van der Waals surface area (Å²) >= 11 is 6.12. The number of carbonyl (C=O) groups excluding carboxylic acids is 1. The Kier molecular flexibility index (Phi) is 7.14. The molecule has 7 nitrogen and oxygen atoms in total. The molecule has 146 valence electrons. The summed E-state index contributed by atoms with van der Waals surface area (Å²) in [4.78, 5) is 15.0. The molecule has 1 fully saturated rings. The van der Waals surface area contributed by atoms with Crippen LogP contribution in [0.2, 0.25) is 5.02 Å². The van der Waals surface area contributed by atoms with Crippen molar-refractivity contribution >= 4 is 33.2 Å². The Bertz CT molecular complexity index is 755. The molecule has 1 atom stereocenters. The highest BCUT2D eigenvalue weighted by molar-refractivity contribution is 7.92. The van der Waals surface area contributed by atoms with Crippen LogP contribution in [-0.4, -0.2) is 57.8 Å². The monoisotopic (exact) mass is 403 g/mol. The number of carbonyl (C=O) groups is 1. The van der Waals surface area contributed by atoms with E-state index in [-0.39, 0.29) is 27.9 Å². The van der Waals surface area contributed by atoms with E-state index in [2.05, 4.69) is 21.9 Å². The molecule has 2 rings (SSSR count). The SMILES string of the molecule is CCN1CCCC1CNC(=O)c1cc(NS(=O)(=O)CC)c(Cl)cc1OC. The maximum absolute atomic E-state index is 12.6. The van der Waals surface area contributed by atoms with E-state index in [0.29, 0.717) is 18.3 Å². The van der Waals surface area contributed by atoms with Gasteiger partial charge in [0, 0.05) is 18.7 Å². The van der Waals surface area contributed by atoms with Crippen LogP contribution in [0.25, 0.3) is 0 Å². The lowest BCUT2D eigenvalue weighted by molar-refractivity contribution is 0.0938. The summed E-state index contributed by atoms with van der Waals surface area (Å²) in [6.07, 6.45) is 2.18. The van der Waals surface area contributed by atoms with Gasteiger partial charge in [0.1, 0.15) is 5.75 Å². The Hall–Kier alpha value is -1.51. The van der Waals surface area contributed by atoms with Crippen molar-refractivity contribution in [2.45, 2.75) is 32.7 Å². The van der Waals surface area contributed by atoms with Gasteiger partial charge in [0.2, 0.25) is 10.0 Å². The van der Waals surface area contributed by atoms with Crippen LogP contribution < -0.4 is 14.8 Å². The lowest BCUT2D eigenvalue weighted by Gasteiger charge is -2.23. The third-order valence-electron chi connectivity index (χ3n) is 4.58. The molecule has 0 aromatic heterocycles. The minimum Gasteiger partial charge on any atom is -0.496 e. The molecule has 1 aliphatic rings. The van der Waals surface area contributed by atoms with Crippen LogP contribution in [0.1, 0.15) is 37.0 Å². The van der Waals surface area contributed by atoms with Crippen LogP contribution in [0.4, 0.5) is 5.69 Å². The maximum atomic E-state index is 12.6. The van der Waals surface area contributed by atoms with Crippen LogP contribution in [-0.2, 0) is 10.0 Å². The number of sulfonamides is 1. The first-order chi connectivity index (χ1) is 12.3. The molecular weight excluding hydrogens is 378 g/mol. The standard InChI is InChI=1S/C17H26ClN3O4S/c1-4-21-8-6-7-12(21)11-19-17(22)13-9-15(20-26(23,24)5-2)14(18)10-16(13)25-3/h9-10,12,20H,4-8,11H2,1-3H3,(H,19,22). The van der Waals surface area contributed by atoms with Crippen molar-refractivity contribution in [2.24, 2.45) is 0 Å². The highest BCUT2D eigenvalue weighted by atomic mass is 35.5. The van der Waals surface area contributed by atoms with E-state index < -0.39 is 10.0 Å². The number of hydrogen-bond donors (Lipinski definition) is 2. The fraction of sp³-hybridized carbons (Fsp3) is 0.588. The number of anilines is 1. The number of nitrogens with zero attached hydrogens (tertiary/aromatic N) is 1. The molecule has 0 radical (unpaired) electrons. The largest absolute Gasteiger partial charge is 0.496 e. The van der Waals surface area contributed by atoms with Gasteiger partial charge in [-0.25, -0.2) is 8.42 Å². The molecule has 9 heteroatoms. The van der Waals surface area contributed by atoms with Crippen LogP contribution in [0.5, 0.6) is 5.75 Å². The minimum atomic E-state index is -3.51. The molecule has 1 aliphatic heterocycles. The van der Waals surface area contributed by atoms with E-state index in [0.717, 1.165) is 25.9 Å². The summed E-state index contributed by atoms with van der Waals surface area (Å²) in [5, 5.41) is 3.09. The predicted molar refractivity (Wildman–Crippen MR) is 104 cm³/mol. The molecular formula is C17H26ClN3O4S. The van der Waals surface area contributed by atoms with Crippen LogP contribution in [0.3, 0.4) is 0 Å². The quantitative estimate of drug-likeness (QED) is 0.695. The summed E-state index contributed by atoms with van der Waals surface area (Å²) in [7, 11) is -2.07. The van der Waals surface area contributed by atoms with E-state index in [9.17, 15) is 13.2 Å². The van der Waals surface area contributed by atoms with Gasteiger partial charge in [-0.2, -0.15) is 0 Å². The van der Waals surface area contributed by atoms with Gasteiger partial charge in [0.25, 0.3) is 5.91 Å². The third-order valence-corrected chi connectivity index (χ3v) is 6.19. The van der Waals surface area contributed by atoms with Gasteiger partial charge in [0.05, 0.1) is 29.1 Å². The van der Waals surface area contributed by atoms with Crippen molar-refractivity contribution < 1.29 is 17.9 Å². The molecule has 2 N–H and O–H groups in total. The molecule has 0 saturated carbocycles. The van der Waals surface area contributed by atoms with Gasteiger partial charge in [-0.1, -0.05) is 18.5 Å². The Balaban J connectivity index is 2.19. The molecule has 0 bridgehead atoms. The van der Waals surface area contributed by atoms with E-state index in [1.54, 1.807) is 0 Å². The van der Waals surface area contributed by atoms with Gasteiger partial charge >= 0.3 is 0 Å². The molecule has 1 heterocycles. The Morgan fingerprint density at radius 2 is 2.12 bits per heavy atom. The van der Waals surface area contributed by atoms with Crippen LogP contribution in [0, 0.1) is 0 Å². The first-order valence-corrected chi connectivity index (χ1v) is 10.7. The Morgan fingerprint density at radius 3 is 2.73 bits per heavy atom. The number of methoxy groups -OCH3 is 1. The Labute approximate surface area is 160 Å². The van der Waals surface area contributed by atoms with Gasteiger partial charge in [-0.15, -0.1) is 0 Å². The summed E-state index contributed by atoms with van der Waals surface area (Å²) in [5.41, 5.74) is 0.405. The molecule has 1 aromatic carbocycles. The van der Waals surface area contributed by atoms with E-state index in [1.807, 2.05) is 0 Å². The van der Waals surface area contributed by atoms with Gasteiger partial charge in [-0.3, -0.25) is 14.4 Å². The number of amides is 1. The second-order valence-electron chi connectivity index (χ2n) is 6.17. The highest BCUT2D eigenvalue weighted by Gasteiger charge is 2.24. The second kappa shape index (κ2) is 8.92. The van der Waals surface area contributed by atoms with Crippen molar-refractivity contribution in [1.29, 1.82) is 0 Å². The van der Waals surface area contributed by atoms with Crippen molar-refractivity contribution in [3.63, 3.8) is 0 Å². The van der Waals surface area contributed by atoms with Crippen molar-refractivity contribution in [2.75, 3.05) is 37.2 Å². The summed E-state index contributed by atoms with van der Waals surface area (Å²) in [5.74, 6) is -0.116. The van der Waals surface area contributed by atoms with Gasteiger partial charge in [-0.05, 0) is 38.9 Å². The molecule has 1 aromatic rings.